The van der Waals surface area contributed by atoms with Gasteiger partial charge < -0.3 is 20.1 Å². The molecule has 1 amide bonds. The molecular weight excluding hydrogens is 372 g/mol. The molecule has 1 fully saturated rings. The first-order valence-electron chi connectivity index (χ1n) is 9.84. The van der Waals surface area contributed by atoms with Gasteiger partial charge in [-0.25, -0.2) is 9.59 Å². The molecule has 0 saturated carbocycles. The Bertz CT molecular complexity index is 848. The second-order valence-corrected chi connectivity index (χ2v) is 7.54. The highest BCUT2D eigenvalue weighted by Gasteiger charge is 2.39. The number of rotatable bonds is 6. The number of para-hydroxylation sites is 1. The summed E-state index contributed by atoms with van der Waals surface area (Å²) in [6, 6.07) is 6.88. The maximum absolute atomic E-state index is 12.6. The van der Waals surface area contributed by atoms with E-state index in [0.29, 0.717) is 17.8 Å². The molecule has 3 rings (SSSR count). The van der Waals surface area contributed by atoms with Gasteiger partial charge in [0.05, 0.1) is 11.3 Å². The van der Waals surface area contributed by atoms with Crippen LogP contribution in [-0.2, 0) is 19.1 Å². The molecule has 0 unspecified atom stereocenters. The van der Waals surface area contributed by atoms with Crippen LogP contribution < -0.4 is 10.6 Å². The van der Waals surface area contributed by atoms with E-state index in [1.807, 2.05) is 0 Å². The summed E-state index contributed by atoms with van der Waals surface area (Å²) in [6.07, 6.45) is 8.99. The number of amides is 1. The lowest BCUT2D eigenvalue weighted by atomic mass is 9.97. The first-order chi connectivity index (χ1) is 13.9. The van der Waals surface area contributed by atoms with E-state index in [4.69, 9.17) is 9.47 Å². The van der Waals surface area contributed by atoms with Crippen LogP contribution in [0.15, 0.2) is 47.7 Å². The number of hydrogen-bond acceptors (Lipinski definition) is 6. The molecular formula is C22H26N2O5. The molecule has 1 aromatic rings. The van der Waals surface area contributed by atoms with Gasteiger partial charge >= 0.3 is 11.9 Å². The van der Waals surface area contributed by atoms with Gasteiger partial charge in [-0.05, 0) is 44.2 Å². The number of cyclic esters (lactones) is 2. The summed E-state index contributed by atoms with van der Waals surface area (Å²) < 4.78 is 10.1. The fraction of sp³-hybridized carbons (Fsp3) is 0.409. The average Bonchev–Trinajstić information content (AvgIpc) is 2.67. The van der Waals surface area contributed by atoms with Crippen LogP contribution in [0.5, 0.6) is 0 Å². The zero-order valence-electron chi connectivity index (χ0n) is 16.7. The molecule has 2 N–H and O–H groups in total. The molecule has 29 heavy (non-hydrogen) atoms. The summed E-state index contributed by atoms with van der Waals surface area (Å²) in [6.45, 7) is 3.53. The van der Waals surface area contributed by atoms with Gasteiger partial charge in [0, 0.05) is 26.6 Å². The second kappa shape index (κ2) is 8.94. The Morgan fingerprint density at radius 1 is 1.14 bits per heavy atom. The highest BCUT2D eigenvalue weighted by Crippen LogP contribution is 2.23. The van der Waals surface area contributed by atoms with E-state index in [9.17, 15) is 14.4 Å². The number of carbonyl (C=O) groups excluding carboxylic acids is 3. The van der Waals surface area contributed by atoms with Gasteiger partial charge in [-0.2, -0.15) is 0 Å². The Balaban J connectivity index is 1.64. The zero-order valence-corrected chi connectivity index (χ0v) is 16.7. The van der Waals surface area contributed by atoms with Crippen molar-refractivity contribution < 1.29 is 23.9 Å². The van der Waals surface area contributed by atoms with Crippen LogP contribution in [0, 0.1) is 0 Å². The van der Waals surface area contributed by atoms with Crippen molar-refractivity contribution in [3.05, 3.63) is 53.3 Å². The molecule has 0 atom stereocenters. The van der Waals surface area contributed by atoms with Gasteiger partial charge in [0.2, 0.25) is 0 Å². The summed E-state index contributed by atoms with van der Waals surface area (Å²) >= 11 is 0. The smallest absolute Gasteiger partial charge is 0.350 e. The minimum Gasteiger partial charge on any atom is -0.419 e. The number of allylic oxidation sites excluding steroid dienone is 1. The van der Waals surface area contributed by atoms with E-state index in [-0.39, 0.29) is 11.5 Å². The molecule has 1 aliphatic heterocycles. The number of esters is 2. The van der Waals surface area contributed by atoms with Crippen LogP contribution in [0.4, 0.5) is 5.69 Å². The van der Waals surface area contributed by atoms with Crippen molar-refractivity contribution in [2.75, 3.05) is 11.9 Å². The lowest BCUT2D eigenvalue weighted by Crippen LogP contribution is -2.42. The van der Waals surface area contributed by atoms with E-state index in [1.54, 1.807) is 24.3 Å². The first-order valence-corrected chi connectivity index (χ1v) is 9.84. The standard InChI is InChI=1S/C22H26N2O5/c1-22(2)28-20(26)17(21(27)29-22)14-24-18-11-7-6-10-16(18)19(25)23-13-12-15-8-4-3-5-9-15/h6-8,10-11,14,24H,3-5,9,12-13H2,1-2H3,(H,23,25). The Labute approximate surface area is 170 Å². The van der Waals surface area contributed by atoms with Crippen LogP contribution in [0.2, 0.25) is 0 Å². The fourth-order valence-electron chi connectivity index (χ4n) is 3.30. The minimum atomic E-state index is -1.29. The Kier molecular flexibility index (Phi) is 6.36. The van der Waals surface area contributed by atoms with Crippen molar-refractivity contribution in [2.45, 2.75) is 51.7 Å². The minimum absolute atomic E-state index is 0.224. The topological polar surface area (TPSA) is 93.7 Å². The molecule has 7 heteroatoms. The Morgan fingerprint density at radius 2 is 1.86 bits per heavy atom. The third-order valence-corrected chi connectivity index (χ3v) is 4.78. The summed E-state index contributed by atoms with van der Waals surface area (Å²) in [4.78, 5) is 36.7. The quantitative estimate of drug-likeness (QED) is 0.330. The number of anilines is 1. The van der Waals surface area contributed by atoms with Crippen LogP contribution in [0.1, 0.15) is 56.3 Å². The molecule has 0 aromatic heterocycles. The summed E-state index contributed by atoms with van der Waals surface area (Å²) in [5, 5.41) is 5.79. The van der Waals surface area contributed by atoms with Crippen molar-refractivity contribution >= 4 is 23.5 Å². The lowest BCUT2D eigenvalue weighted by Gasteiger charge is -2.29. The van der Waals surface area contributed by atoms with E-state index < -0.39 is 17.7 Å². The van der Waals surface area contributed by atoms with Crippen molar-refractivity contribution in [3.8, 4) is 0 Å². The number of ether oxygens (including phenoxy) is 2. The van der Waals surface area contributed by atoms with Gasteiger partial charge in [-0.3, -0.25) is 4.79 Å². The molecule has 0 spiro atoms. The van der Waals surface area contributed by atoms with Crippen LogP contribution in [0.3, 0.4) is 0 Å². The molecule has 1 saturated heterocycles. The first kappa shape index (κ1) is 20.6. The molecule has 7 nitrogen and oxygen atoms in total. The highest BCUT2D eigenvalue weighted by molar-refractivity contribution is 6.15. The maximum atomic E-state index is 12.6. The normalized spacial score (nSPS) is 18.3. The van der Waals surface area contributed by atoms with Crippen molar-refractivity contribution in [1.29, 1.82) is 0 Å². The third kappa shape index (κ3) is 5.47. The van der Waals surface area contributed by atoms with E-state index in [0.717, 1.165) is 19.3 Å². The average molecular weight is 398 g/mol. The Hall–Kier alpha value is -3.09. The third-order valence-electron chi connectivity index (χ3n) is 4.78. The SMILES string of the molecule is CC1(C)OC(=O)C(=CNc2ccccc2C(=O)NCCC2=CCCCC2)C(=O)O1. The number of hydrogen-bond donors (Lipinski definition) is 2. The molecule has 154 valence electrons. The molecule has 2 aliphatic rings. The molecule has 0 bridgehead atoms. The van der Waals surface area contributed by atoms with Gasteiger partial charge in [0.1, 0.15) is 0 Å². The van der Waals surface area contributed by atoms with Crippen molar-refractivity contribution in [2.24, 2.45) is 0 Å². The largest absolute Gasteiger partial charge is 0.419 e. The second-order valence-electron chi connectivity index (χ2n) is 7.54. The molecule has 0 radical (unpaired) electrons. The molecule has 1 aliphatic carbocycles. The summed E-state index contributed by atoms with van der Waals surface area (Å²) in [7, 11) is 0. The van der Waals surface area contributed by atoms with Crippen LogP contribution in [0.25, 0.3) is 0 Å². The number of benzene rings is 1. The van der Waals surface area contributed by atoms with Crippen LogP contribution >= 0.6 is 0 Å². The van der Waals surface area contributed by atoms with E-state index >= 15 is 0 Å². The summed E-state index contributed by atoms with van der Waals surface area (Å²) in [5.41, 5.74) is 2.02. The van der Waals surface area contributed by atoms with Crippen LogP contribution in [-0.4, -0.2) is 30.2 Å². The number of carbonyl (C=O) groups is 3. The van der Waals surface area contributed by atoms with Gasteiger partial charge in [0.15, 0.2) is 5.57 Å². The predicted octanol–water partition coefficient (Wildman–Crippen LogP) is 3.44. The van der Waals surface area contributed by atoms with Crippen molar-refractivity contribution in [3.63, 3.8) is 0 Å². The van der Waals surface area contributed by atoms with E-state index in [2.05, 4.69) is 16.7 Å². The molecule has 1 aromatic carbocycles. The maximum Gasteiger partial charge on any atom is 0.350 e. The van der Waals surface area contributed by atoms with E-state index in [1.165, 1.54) is 38.5 Å². The lowest BCUT2D eigenvalue weighted by molar-refractivity contribution is -0.222. The highest BCUT2D eigenvalue weighted by atomic mass is 16.7. The zero-order chi connectivity index (χ0) is 20.9. The van der Waals surface area contributed by atoms with Gasteiger partial charge in [0.25, 0.3) is 11.7 Å². The van der Waals surface area contributed by atoms with Gasteiger partial charge in [-0.15, -0.1) is 0 Å². The van der Waals surface area contributed by atoms with Crippen molar-refractivity contribution in [1.82, 2.24) is 5.32 Å². The number of nitrogens with one attached hydrogen (secondary N) is 2. The summed E-state index contributed by atoms with van der Waals surface area (Å²) in [5.74, 6) is -3.07. The Morgan fingerprint density at radius 3 is 2.55 bits per heavy atom. The molecule has 1 heterocycles. The fourth-order valence-corrected chi connectivity index (χ4v) is 3.30. The van der Waals surface area contributed by atoms with Gasteiger partial charge in [-0.1, -0.05) is 23.8 Å². The monoisotopic (exact) mass is 398 g/mol. The predicted molar refractivity (Wildman–Crippen MR) is 108 cm³/mol.